The highest BCUT2D eigenvalue weighted by Gasteiger charge is 2.28. The molecule has 1 saturated heterocycles. The zero-order valence-corrected chi connectivity index (χ0v) is 12.2. The fourth-order valence-corrected chi connectivity index (χ4v) is 3.08. The number of thioether (sulfide) groups is 1. The van der Waals surface area contributed by atoms with Gasteiger partial charge in [0.05, 0.1) is 11.6 Å². The fraction of sp³-hybridized carbons (Fsp3) is 0.833. The van der Waals surface area contributed by atoms with Gasteiger partial charge in [0.2, 0.25) is 11.8 Å². The van der Waals surface area contributed by atoms with Crippen molar-refractivity contribution in [3.05, 3.63) is 0 Å². The van der Waals surface area contributed by atoms with Gasteiger partial charge < -0.3 is 16.0 Å². The molecule has 1 rings (SSSR count). The third-order valence-corrected chi connectivity index (χ3v) is 3.86. The number of amides is 2. The monoisotopic (exact) mass is 273 g/mol. The van der Waals surface area contributed by atoms with Crippen LogP contribution in [0.1, 0.15) is 27.2 Å². The first-order valence-corrected chi connectivity index (χ1v) is 7.38. The second-order valence-electron chi connectivity index (χ2n) is 5.48. The molecule has 5 nitrogen and oxygen atoms in total. The van der Waals surface area contributed by atoms with Crippen molar-refractivity contribution in [1.29, 1.82) is 0 Å². The summed E-state index contributed by atoms with van der Waals surface area (Å²) < 4.78 is 0. The predicted molar refractivity (Wildman–Crippen MR) is 74.1 cm³/mol. The highest BCUT2D eigenvalue weighted by molar-refractivity contribution is 8.00. The second kappa shape index (κ2) is 6.43. The van der Waals surface area contributed by atoms with Crippen molar-refractivity contribution in [3.8, 4) is 0 Å². The van der Waals surface area contributed by atoms with E-state index in [0.717, 1.165) is 6.42 Å². The molecule has 0 aromatic rings. The van der Waals surface area contributed by atoms with Gasteiger partial charge in [-0.15, -0.1) is 11.8 Å². The Balaban J connectivity index is 2.49. The summed E-state index contributed by atoms with van der Waals surface area (Å²) in [7, 11) is 0. The van der Waals surface area contributed by atoms with Gasteiger partial charge in [-0.05, 0) is 19.3 Å². The van der Waals surface area contributed by atoms with E-state index in [4.69, 9.17) is 5.73 Å². The lowest BCUT2D eigenvalue weighted by Gasteiger charge is -2.31. The van der Waals surface area contributed by atoms with Gasteiger partial charge in [0.1, 0.15) is 6.54 Å². The summed E-state index contributed by atoms with van der Waals surface area (Å²) in [6.45, 7) is 6.69. The Hall–Kier alpha value is -0.750. The van der Waals surface area contributed by atoms with E-state index in [9.17, 15) is 9.59 Å². The van der Waals surface area contributed by atoms with Gasteiger partial charge in [0.25, 0.3) is 0 Å². The molecule has 0 aromatic carbocycles. The minimum Gasteiger partial charge on any atom is -0.348 e. The molecule has 0 aliphatic carbocycles. The number of hydrogen-bond acceptors (Lipinski definition) is 4. The van der Waals surface area contributed by atoms with Gasteiger partial charge in [0.15, 0.2) is 0 Å². The van der Waals surface area contributed by atoms with E-state index in [0.29, 0.717) is 24.1 Å². The smallest absolute Gasteiger partial charge is 0.240 e. The van der Waals surface area contributed by atoms with Crippen molar-refractivity contribution in [1.82, 2.24) is 10.2 Å². The minimum atomic E-state index is -0.388. The highest BCUT2D eigenvalue weighted by atomic mass is 32.2. The van der Waals surface area contributed by atoms with Gasteiger partial charge >= 0.3 is 0 Å². The zero-order chi connectivity index (χ0) is 13.8. The van der Waals surface area contributed by atoms with Crippen LogP contribution in [0.4, 0.5) is 0 Å². The van der Waals surface area contributed by atoms with Crippen LogP contribution in [0.2, 0.25) is 0 Å². The lowest BCUT2D eigenvalue weighted by atomic mass is 9.91. The molecule has 1 heterocycles. The van der Waals surface area contributed by atoms with Crippen LogP contribution in [0.15, 0.2) is 0 Å². The van der Waals surface area contributed by atoms with Gasteiger partial charge in [-0.3, -0.25) is 9.59 Å². The molecule has 0 spiro atoms. The fourth-order valence-electron chi connectivity index (χ4n) is 2.18. The van der Waals surface area contributed by atoms with E-state index in [1.165, 1.54) is 11.8 Å². The maximum atomic E-state index is 11.9. The summed E-state index contributed by atoms with van der Waals surface area (Å²) in [5, 5.41) is 2.95. The second-order valence-corrected chi connectivity index (χ2v) is 6.44. The Labute approximate surface area is 113 Å². The van der Waals surface area contributed by atoms with Crippen LogP contribution in [-0.2, 0) is 9.59 Å². The van der Waals surface area contributed by atoms with Crippen molar-refractivity contribution in [2.45, 2.75) is 32.7 Å². The third-order valence-electron chi connectivity index (χ3n) is 2.91. The highest BCUT2D eigenvalue weighted by Crippen LogP contribution is 2.17. The molecule has 1 unspecified atom stereocenters. The first-order chi connectivity index (χ1) is 8.36. The zero-order valence-electron chi connectivity index (χ0n) is 11.4. The van der Waals surface area contributed by atoms with Crippen molar-refractivity contribution in [3.63, 3.8) is 0 Å². The first kappa shape index (κ1) is 15.3. The molecule has 0 saturated carbocycles. The molecule has 1 fully saturated rings. The molecular formula is C12H23N3O2S. The standard InChI is InChI=1S/C12H23N3O2S/c1-9(2)4-12(3,7-13)14-10(16)5-15-8-18-6-11(15)17/h9H,4-8,13H2,1-3H3,(H,14,16). The van der Waals surface area contributed by atoms with E-state index in [2.05, 4.69) is 19.2 Å². The molecule has 1 aliphatic rings. The average Bonchev–Trinajstić information content (AvgIpc) is 2.63. The Kier molecular flexibility index (Phi) is 5.47. The lowest BCUT2D eigenvalue weighted by molar-refractivity contribution is -0.133. The largest absolute Gasteiger partial charge is 0.348 e. The van der Waals surface area contributed by atoms with Crippen molar-refractivity contribution in [2.75, 3.05) is 24.7 Å². The van der Waals surface area contributed by atoms with Crippen LogP contribution in [0.5, 0.6) is 0 Å². The molecule has 104 valence electrons. The number of nitrogens with one attached hydrogen (secondary N) is 1. The predicted octanol–water partition coefficient (Wildman–Crippen LogP) is 0.399. The van der Waals surface area contributed by atoms with E-state index in [1.54, 1.807) is 4.90 Å². The number of nitrogens with zero attached hydrogens (tertiary/aromatic N) is 1. The summed E-state index contributed by atoms with van der Waals surface area (Å²) in [4.78, 5) is 24.9. The number of carbonyl (C=O) groups is 2. The van der Waals surface area contributed by atoms with Crippen molar-refractivity contribution >= 4 is 23.6 Å². The molecule has 1 atom stereocenters. The molecule has 3 N–H and O–H groups in total. The average molecular weight is 273 g/mol. The number of hydrogen-bond donors (Lipinski definition) is 2. The van der Waals surface area contributed by atoms with E-state index in [1.807, 2.05) is 6.92 Å². The molecule has 0 bridgehead atoms. The molecule has 0 radical (unpaired) electrons. The van der Waals surface area contributed by atoms with Gasteiger partial charge in [-0.2, -0.15) is 0 Å². The Morgan fingerprint density at radius 3 is 2.72 bits per heavy atom. The van der Waals surface area contributed by atoms with E-state index < -0.39 is 0 Å². The maximum absolute atomic E-state index is 11.9. The van der Waals surface area contributed by atoms with E-state index in [-0.39, 0.29) is 23.9 Å². The number of nitrogens with two attached hydrogens (primary N) is 1. The van der Waals surface area contributed by atoms with Crippen molar-refractivity contribution < 1.29 is 9.59 Å². The SMILES string of the molecule is CC(C)CC(C)(CN)NC(=O)CN1CSCC1=O. The molecule has 0 aromatic heterocycles. The Morgan fingerprint density at radius 2 is 2.28 bits per heavy atom. The normalized spacial score (nSPS) is 19.2. The topological polar surface area (TPSA) is 75.4 Å². The van der Waals surface area contributed by atoms with Crippen LogP contribution >= 0.6 is 11.8 Å². The van der Waals surface area contributed by atoms with E-state index >= 15 is 0 Å². The molecule has 18 heavy (non-hydrogen) atoms. The molecular weight excluding hydrogens is 250 g/mol. The summed E-state index contributed by atoms with van der Waals surface area (Å²) in [5.41, 5.74) is 5.35. The quantitative estimate of drug-likeness (QED) is 0.734. The summed E-state index contributed by atoms with van der Waals surface area (Å²) in [5.74, 6) is 1.46. The lowest BCUT2D eigenvalue weighted by Crippen LogP contribution is -2.54. The van der Waals surface area contributed by atoms with Gasteiger partial charge in [-0.1, -0.05) is 13.8 Å². The Bertz CT molecular complexity index is 322. The van der Waals surface area contributed by atoms with Crippen LogP contribution < -0.4 is 11.1 Å². The summed E-state index contributed by atoms with van der Waals surface area (Å²) in [6.07, 6.45) is 0.831. The first-order valence-electron chi connectivity index (χ1n) is 6.23. The maximum Gasteiger partial charge on any atom is 0.240 e. The van der Waals surface area contributed by atoms with Crippen LogP contribution in [0.25, 0.3) is 0 Å². The number of carbonyl (C=O) groups excluding carboxylic acids is 2. The van der Waals surface area contributed by atoms with Crippen molar-refractivity contribution in [2.24, 2.45) is 11.7 Å². The van der Waals surface area contributed by atoms with Crippen LogP contribution in [0.3, 0.4) is 0 Å². The third kappa shape index (κ3) is 4.49. The molecule has 1 aliphatic heterocycles. The number of rotatable bonds is 6. The Morgan fingerprint density at radius 1 is 1.61 bits per heavy atom. The van der Waals surface area contributed by atoms with Crippen LogP contribution in [0, 0.1) is 5.92 Å². The van der Waals surface area contributed by atoms with Crippen LogP contribution in [-0.4, -0.2) is 47.0 Å². The molecule has 6 heteroatoms. The summed E-state index contributed by atoms with van der Waals surface area (Å²) >= 11 is 1.54. The van der Waals surface area contributed by atoms with Gasteiger partial charge in [0, 0.05) is 12.1 Å². The molecule has 2 amide bonds. The van der Waals surface area contributed by atoms with Gasteiger partial charge in [-0.25, -0.2) is 0 Å². The summed E-state index contributed by atoms with van der Waals surface area (Å²) in [6, 6.07) is 0. The minimum absolute atomic E-state index is 0.0356.